The van der Waals surface area contributed by atoms with E-state index in [9.17, 15) is 9.59 Å². The predicted octanol–water partition coefficient (Wildman–Crippen LogP) is 4.13. The molecule has 2 rings (SSSR count). The van der Waals surface area contributed by atoms with E-state index in [0.717, 1.165) is 35.2 Å². The molecule has 1 N–H and O–H groups in total. The van der Waals surface area contributed by atoms with Crippen LogP contribution in [0.1, 0.15) is 57.2 Å². The zero-order chi connectivity index (χ0) is 19.3. The maximum absolute atomic E-state index is 12.6. The standard InChI is InChI=1S/C21H27N3O2/c1-6-7-8-24(5)21(26)18-11-17(12-22-13-18)20(25)23-19-15(3)9-14(2)10-16(19)4/h9-13H,6-8H2,1-5H3,(H,23,25). The third-order valence-corrected chi connectivity index (χ3v) is 4.36. The van der Waals surface area contributed by atoms with Crippen molar-refractivity contribution < 1.29 is 9.59 Å². The first-order chi connectivity index (χ1) is 12.3. The minimum absolute atomic E-state index is 0.122. The number of hydrogen-bond donors (Lipinski definition) is 1. The minimum Gasteiger partial charge on any atom is -0.342 e. The van der Waals surface area contributed by atoms with Crippen LogP contribution in [0.3, 0.4) is 0 Å². The lowest BCUT2D eigenvalue weighted by molar-refractivity contribution is 0.0793. The number of hydrogen-bond acceptors (Lipinski definition) is 3. The Morgan fingerprint density at radius 1 is 1.04 bits per heavy atom. The summed E-state index contributed by atoms with van der Waals surface area (Å²) in [6, 6.07) is 5.67. The largest absolute Gasteiger partial charge is 0.342 e. The van der Waals surface area contributed by atoms with Gasteiger partial charge in [-0.05, 0) is 44.4 Å². The van der Waals surface area contributed by atoms with Crippen LogP contribution in [0.5, 0.6) is 0 Å². The number of anilines is 1. The van der Waals surface area contributed by atoms with Gasteiger partial charge in [-0.3, -0.25) is 14.6 Å². The van der Waals surface area contributed by atoms with Crippen LogP contribution in [0.15, 0.2) is 30.6 Å². The highest BCUT2D eigenvalue weighted by atomic mass is 16.2. The summed E-state index contributed by atoms with van der Waals surface area (Å²) in [6.07, 6.45) is 4.95. The van der Waals surface area contributed by atoms with E-state index in [0.29, 0.717) is 17.7 Å². The molecule has 1 heterocycles. The van der Waals surface area contributed by atoms with Crippen molar-refractivity contribution in [2.24, 2.45) is 0 Å². The van der Waals surface area contributed by atoms with E-state index in [1.807, 2.05) is 32.9 Å². The van der Waals surface area contributed by atoms with Gasteiger partial charge in [-0.15, -0.1) is 0 Å². The number of aromatic nitrogens is 1. The van der Waals surface area contributed by atoms with Crippen molar-refractivity contribution in [1.82, 2.24) is 9.88 Å². The van der Waals surface area contributed by atoms with Gasteiger partial charge in [0, 0.05) is 31.7 Å². The smallest absolute Gasteiger partial charge is 0.257 e. The fourth-order valence-corrected chi connectivity index (χ4v) is 2.96. The topological polar surface area (TPSA) is 62.3 Å². The molecule has 0 saturated heterocycles. The van der Waals surface area contributed by atoms with Gasteiger partial charge in [0.05, 0.1) is 11.1 Å². The normalized spacial score (nSPS) is 10.5. The number of amides is 2. The van der Waals surface area contributed by atoms with Crippen LogP contribution in [-0.2, 0) is 0 Å². The van der Waals surface area contributed by atoms with Crippen LogP contribution in [0.4, 0.5) is 5.69 Å². The lowest BCUT2D eigenvalue weighted by Crippen LogP contribution is -2.28. The zero-order valence-electron chi connectivity index (χ0n) is 16.2. The number of nitrogens with one attached hydrogen (secondary N) is 1. The highest BCUT2D eigenvalue weighted by molar-refractivity contribution is 6.06. The summed E-state index contributed by atoms with van der Waals surface area (Å²) >= 11 is 0. The van der Waals surface area contributed by atoms with E-state index in [1.54, 1.807) is 18.0 Å². The van der Waals surface area contributed by atoms with E-state index in [4.69, 9.17) is 0 Å². The maximum Gasteiger partial charge on any atom is 0.257 e. The van der Waals surface area contributed by atoms with Crippen LogP contribution < -0.4 is 5.32 Å². The van der Waals surface area contributed by atoms with Crippen molar-refractivity contribution in [3.05, 3.63) is 58.4 Å². The third-order valence-electron chi connectivity index (χ3n) is 4.36. The van der Waals surface area contributed by atoms with Crippen molar-refractivity contribution in [3.63, 3.8) is 0 Å². The molecule has 0 aliphatic carbocycles. The molecule has 5 nitrogen and oxygen atoms in total. The summed E-state index contributed by atoms with van der Waals surface area (Å²) < 4.78 is 0. The number of unbranched alkanes of at least 4 members (excludes halogenated alkanes) is 1. The molecule has 0 atom stereocenters. The van der Waals surface area contributed by atoms with Gasteiger partial charge in [0.2, 0.25) is 0 Å². The molecule has 1 aromatic heterocycles. The lowest BCUT2D eigenvalue weighted by Gasteiger charge is -2.17. The molecule has 0 aliphatic heterocycles. The van der Waals surface area contributed by atoms with Gasteiger partial charge in [0.25, 0.3) is 11.8 Å². The Balaban J connectivity index is 2.19. The summed E-state index contributed by atoms with van der Waals surface area (Å²) in [4.78, 5) is 30.9. The first-order valence-electron chi connectivity index (χ1n) is 8.93. The molecule has 0 fully saturated rings. The van der Waals surface area contributed by atoms with Crippen molar-refractivity contribution >= 4 is 17.5 Å². The Morgan fingerprint density at radius 2 is 1.65 bits per heavy atom. The summed E-state index contributed by atoms with van der Waals surface area (Å²) in [5, 5.41) is 2.95. The SMILES string of the molecule is CCCCN(C)C(=O)c1cncc(C(=O)Nc2c(C)cc(C)cc2C)c1. The molecule has 138 valence electrons. The Labute approximate surface area is 155 Å². The molecular formula is C21H27N3O2. The Bertz CT molecular complexity index is 792. The summed E-state index contributed by atoms with van der Waals surface area (Å²) in [6.45, 7) is 8.74. The number of pyridine rings is 1. The second kappa shape index (κ2) is 8.61. The van der Waals surface area contributed by atoms with Gasteiger partial charge in [0.15, 0.2) is 0 Å². The third kappa shape index (κ3) is 4.69. The molecule has 2 amide bonds. The molecule has 0 aliphatic rings. The molecule has 0 saturated carbocycles. The maximum atomic E-state index is 12.6. The van der Waals surface area contributed by atoms with Crippen LogP contribution in [0.2, 0.25) is 0 Å². The molecule has 1 aromatic carbocycles. The average molecular weight is 353 g/mol. The first-order valence-corrected chi connectivity index (χ1v) is 8.93. The van der Waals surface area contributed by atoms with Gasteiger partial charge in [0.1, 0.15) is 0 Å². The highest BCUT2D eigenvalue weighted by Crippen LogP contribution is 2.22. The second-order valence-electron chi connectivity index (χ2n) is 6.77. The monoisotopic (exact) mass is 353 g/mol. The fraction of sp³-hybridized carbons (Fsp3) is 0.381. The molecule has 2 aromatic rings. The van der Waals surface area contributed by atoms with E-state index in [2.05, 4.69) is 17.2 Å². The van der Waals surface area contributed by atoms with Crippen molar-refractivity contribution in [3.8, 4) is 0 Å². The summed E-state index contributed by atoms with van der Waals surface area (Å²) in [5.74, 6) is -0.387. The Hall–Kier alpha value is -2.69. The summed E-state index contributed by atoms with van der Waals surface area (Å²) in [7, 11) is 1.77. The van der Waals surface area contributed by atoms with Gasteiger partial charge in [-0.2, -0.15) is 0 Å². The van der Waals surface area contributed by atoms with Gasteiger partial charge in [-0.25, -0.2) is 0 Å². The first kappa shape index (κ1) is 19.6. The molecule has 0 bridgehead atoms. The number of carbonyl (C=O) groups excluding carboxylic acids is 2. The Kier molecular flexibility index (Phi) is 6.50. The van der Waals surface area contributed by atoms with Gasteiger partial charge >= 0.3 is 0 Å². The van der Waals surface area contributed by atoms with E-state index >= 15 is 0 Å². The minimum atomic E-state index is -0.265. The van der Waals surface area contributed by atoms with E-state index < -0.39 is 0 Å². The quantitative estimate of drug-likeness (QED) is 0.849. The molecule has 0 radical (unpaired) electrons. The second-order valence-corrected chi connectivity index (χ2v) is 6.77. The number of aryl methyl sites for hydroxylation is 3. The number of benzene rings is 1. The number of nitrogens with zero attached hydrogens (tertiary/aromatic N) is 2. The van der Waals surface area contributed by atoms with Crippen LogP contribution in [0, 0.1) is 20.8 Å². The van der Waals surface area contributed by atoms with Crippen LogP contribution in [0.25, 0.3) is 0 Å². The predicted molar refractivity (Wildman–Crippen MR) is 105 cm³/mol. The molecule has 0 unspecified atom stereocenters. The lowest BCUT2D eigenvalue weighted by atomic mass is 10.0. The average Bonchev–Trinajstić information content (AvgIpc) is 2.61. The number of rotatable bonds is 6. The van der Waals surface area contributed by atoms with Gasteiger partial charge in [-0.1, -0.05) is 31.0 Å². The molecule has 26 heavy (non-hydrogen) atoms. The highest BCUT2D eigenvalue weighted by Gasteiger charge is 2.16. The summed E-state index contributed by atoms with van der Waals surface area (Å²) in [5.41, 5.74) is 4.78. The van der Waals surface area contributed by atoms with Crippen molar-refractivity contribution in [1.29, 1.82) is 0 Å². The molecular weight excluding hydrogens is 326 g/mol. The molecule has 0 spiro atoms. The van der Waals surface area contributed by atoms with Crippen LogP contribution in [-0.4, -0.2) is 35.3 Å². The number of carbonyl (C=O) groups is 2. The zero-order valence-corrected chi connectivity index (χ0v) is 16.2. The van der Waals surface area contributed by atoms with E-state index in [-0.39, 0.29) is 11.8 Å². The van der Waals surface area contributed by atoms with Crippen LogP contribution >= 0.6 is 0 Å². The molecule has 5 heteroatoms. The van der Waals surface area contributed by atoms with Gasteiger partial charge < -0.3 is 10.2 Å². The Morgan fingerprint density at radius 3 is 2.27 bits per heavy atom. The fourth-order valence-electron chi connectivity index (χ4n) is 2.96. The van der Waals surface area contributed by atoms with E-state index in [1.165, 1.54) is 12.4 Å². The van der Waals surface area contributed by atoms with Crippen molar-refractivity contribution in [2.75, 3.05) is 18.9 Å². The van der Waals surface area contributed by atoms with Crippen molar-refractivity contribution in [2.45, 2.75) is 40.5 Å².